The second kappa shape index (κ2) is 37.5. The Morgan fingerprint density at radius 2 is 0.510 bits per heavy atom. The number of nitrogens with zero attached hydrogens (tertiary/aromatic N) is 4. The fourth-order valence-electron chi connectivity index (χ4n) is 22.3. The van der Waals surface area contributed by atoms with E-state index in [-0.39, 0.29) is 0 Å². The molecule has 0 amide bonds. The molecule has 0 atom stereocenters. The fraction of sp³-hybridized carbons (Fsp3) is 0.0432. The van der Waals surface area contributed by atoms with E-state index >= 15 is 0 Å². The van der Waals surface area contributed by atoms with Gasteiger partial charge in [-0.15, -0.1) is 0 Å². The zero-order valence-electron chi connectivity index (χ0n) is 81.9. The molecular weight excluding hydrogens is 1870 g/mol. The maximum atomic E-state index is 5.12. The van der Waals surface area contributed by atoms with Crippen LogP contribution in [-0.4, -0.2) is 36.1 Å². The van der Waals surface area contributed by atoms with Gasteiger partial charge in [0.2, 0.25) is 0 Å². The van der Waals surface area contributed by atoms with Gasteiger partial charge in [0.25, 0.3) is 0 Å². The molecule has 6 heteroatoms. The van der Waals surface area contributed by atoms with Crippen LogP contribution in [0.1, 0.15) is 0 Å². The second-order valence-corrected chi connectivity index (χ2v) is 61.7. The summed E-state index contributed by atoms with van der Waals surface area (Å²) in [4.78, 5) is 9.99. The number of imidazole rings is 1. The van der Waals surface area contributed by atoms with Crippen LogP contribution in [-0.2, 0) is 0 Å². The van der Waals surface area contributed by atoms with Crippen molar-refractivity contribution in [3.05, 3.63) is 522 Å². The molecule has 0 saturated heterocycles. The summed E-state index contributed by atoms with van der Waals surface area (Å²) in [6.07, 6.45) is 0. The quantitative estimate of drug-likeness (QED) is 0.0547. The summed E-state index contributed by atoms with van der Waals surface area (Å²) < 4.78 is 5.29. The smallest absolute Gasteiger partial charge is 0.145 e. The van der Waals surface area contributed by atoms with Gasteiger partial charge in [-0.2, -0.15) is 0 Å². The zero-order chi connectivity index (χ0) is 97.4. The summed E-state index contributed by atoms with van der Waals surface area (Å²) in [6.45, 7) is 0. The summed E-state index contributed by atoms with van der Waals surface area (Å²) in [5.74, 6) is 15.7. The van der Waals surface area contributed by atoms with Gasteiger partial charge in [-0.25, -0.2) is 4.98 Å². The Labute approximate surface area is 851 Å². The summed E-state index contributed by atoms with van der Waals surface area (Å²) >= 11 is -3.93. The van der Waals surface area contributed by atoms with Crippen molar-refractivity contribution in [1.29, 1.82) is 0 Å². The van der Waals surface area contributed by atoms with Crippen LogP contribution < -0.4 is 18.6 Å². The molecule has 0 unspecified atom stereocenters. The minimum atomic E-state index is -1.97. The molecule has 1 aromatic heterocycles. The third kappa shape index (κ3) is 16.7. The van der Waals surface area contributed by atoms with Gasteiger partial charge in [-0.05, 0) is 201 Å². The first kappa shape index (κ1) is 89.4. The zero-order valence-corrected chi connectivity index (χ0v) is 86.1. The third-order valence-corrected chi connectivity index (χ3v) is 38.2. The summed E-state index contributed by atoms with van der Waals surface area (Å²) in [5.41, 5.74) is 26.2. The molecule has 0 saturated carbocycles. The summed E-state index contributed by atoms with van der Waals surface area (Å²) in [5, 5.41) is 27.8. The van der Waals surface area contributed by atoms with Crippen LogP contribution in [0.4, 0.5) is 34.1 Å². The Morgan fingerprint density at radius 3 is 0.986 bits per heavy atom. The van der Waals surface area contributed by atoms with E-state index in [9.17, 15) is 0 Å². The molecule has 4 nitrogen and oxygen atoms in total. The molecule has 0 aliphatic rings. The van der Waals surface area contributed by atoms with Gasteiger partial charge in [-0.1, -0.05) is 315 Å². The van der Waals surface area contributed by atoms with E-state index in [2.05, 4.69) is 571 Å². The second-order valence-electron chi connectivity index (χ2n) is 40.4. The summed E-state index contributed by atoms with van der Waals surface area (Å²) in [7, 11) is 0. The number of benzene rings is 26. The molecule has 145 heavy (non-hydrogen) atoms. The molecular formula is C139H104Ge2N4. The monoisotopic (exact) mass is 1980 g/mol. The van der Waals surface area contributed by atoms with E-state index in [1.807, 2.05) is 0 Å². The van der Waals surface area contributed by atoms with Crippen LogP contribution >= 0.6 is 0 Å². The summed E-state index contributed by atoms with van der Waals surface area (Å²) in [6, 6.07) is 191. The minimum absolute atomic E-state index is 0.933. The number of hydrogen-bond donors (Lipinski definition) is 0. The Kier molecular flexibility index (Phi) is 23.1. The first-order valence-corrected chi connectivity index (χ1v) is 65.1. The van der Waals surface area contributed by atoms with Gasteiger partial charge < -0.3 is 0 Å². The maximum Gasteiger partial charge on any atom is 0.145 e. The maximum absolute atomic E-state index is 5.12. The number of aromatic nitrogens is 2. The van der Waals surface area contributed by atoms with Crippen molar-refractivity contribution in [3.63, 3.8) is 0 Å². The van der Waals surface area contributed by atoms with Crippen LogP contribution in [0, 0.1) is 0 Å². The van der Waals surface area contributed by atoms with Crippen LogP contribution in [0.5, 0.6) is 0 Å². The molecule has 0 aliphatic carbocycles. The molecule has 0 bridgehead atoms. The molecule has 26 aromatic carbocycles. The van der Waals surface area contributed by atoms with Crippen LogP contribution in [0.3, 0.4) is 0 Å². The first-order valence-electron chi connectivity index (χ1n) is 50.4. The average molecular weight is 1980 g/mol. The van der Waals surface area contributed by atoms with E-state index in [0.29, 0.717) is 0 Å². The van der Waals surface area contributed by atoms with Gasteiger partial charge in [-0.3, -0.25) is 4.57 Å². The van der Waals surface area contributed by atoms with Gasteiger partial charge >= 0.3 is 304 Å². The van der Waals surface area contributed by atoms with Crippen molar-refractivity contribution >= 4 is 199 Å². The van der Waals surface area contributed by atoms with Crippen LogP contribution in [0.15, 0.2) is 522 Å². The molecule has 0 spiro atoms. The van der Waals surface area contributed by atoms with Crippen molar-refractivity contribution in [2.75, 3.05) is 9.80 Å². The number of anilines is 6. The number of fused-ring (bicyclic) bond motifs is 9. The van der Waals surface area contributed by atoms with Crippen molar-refractivity contribution in [2.45, 2.75) is 34.5 Å². The molecule has 0 aliphatic heterocycles. The van der Waals surface area contributed by atoms with E-state index in [1.165, 1.54) is 211 Å². The number of para-hydroxylation sites is 5. The van der Waals surface area contributed by atoms with Crippen LogP contribution in [0.2, 0.25) is 34.5 Å². The molecule has 27 aromatic rings. The van der Waals surface area contributed by atoms with Gasteiger partial charge in [0.05, 0.1) is 11.0 Å². The van der Waals surface area contributed by atoms with Crippen molar-refractivity contribution in [3.8, 4) is 83.8 Å². The van der Waals surface area contributed by atoms with E-state index < -0.39 is 26.5 Å². The van der Waals surface area contributed by atoms with Gasteiger partial charge in [0.1, 0.15) is 5.82 Å². The van der Waals surface area contributed by atoms with E-state index in [1.54, 1.807) is 0 Å². The Morgan fingerprint density at radius 1 is 0.193 bits per heavy atom. The Hall–Kier alpha value is -17.0. The molecule has 0 fully saturated rings. The van der Waals surface area contributed by atoms with Gasteiger partial charge in [0, 0.05) is 11.3 Å². The van der Waals surface area contributed by atoms with Crippen molar-refractivity contribution < 1.29 is 0 Å². The molecule has 1 heterocycles. The third-order valence-electron chi connectivity index (χ3n) is 29.5. The molecule has 688 valence electrons. The van der Waals surface area contributed by atoms with E-state index in [4.69, 9.17) is 4.98 Å². The standard InChI is InChI=1S/C53H34N2.C46H44Ge2N2.C40H26/c1-2-16-44(17-3-1)55-50-21-11-10-20-49(50)54-53(55)38-26-22-37(23-27-38)41-30-31-47-48(34-41)52(43-29-25-36-13-5-7-15-40(36)33-43)46-19-9-8-18-45(46)51(47)42-28-24-35-12-4-6-14-39(35)32-42;1-47(2,3)35-21-25-39(26-22-35)49(37-13-9-7-10-14-37)43-31-19-33-18-30-42-44(32-20-34-17-29-41(43)45(33)46(34)42)50(38-15-11-8-12-16-38)40-27-23-36(24-28-40)48(4,5)6;1-2-12-31-26-32(25-22-27(31)10-1)28-20-23-30(24-21-28)39-35-15-5-7-17-37(35)40(38-18-8-6-16-36(38)39)34-19-9-13-29-11-3-4-14-33(29)34/h1-34H;7-32H,1-6H3;1-26H. The molecule has 0 radical (unpaired) electrons. The normalized spacial score (nSPS) is 11.8. The first-order chi connectivity index (χ1) is 71.2. The topological polar surface area (TPSA) is 24.3 Å². The number of rotatable bonds is 16. The Balaban J connectivity index is 0.000000115. The van der Waals surface area contributed by atoms with Crippen molar-refractivity contribution in [1.82, 2.24) is 9.55 Å². The number of hydrogen-bond acceptors (Lipinski definition) is 3. The van der Waals surface area contributed by atoms with Crippen molar-refractivity contribution in [2.24, 2.45) is 0 Å². The predicted octanol–water partition coefficient (Wildman–Crippen LogP) is 38.2. The minimum Gasteiger partial charge on any atom is -0.292 e. The van der Waals surface area contributed by atoms with E-state index in [0.717, 1.165) is 45.0 Å². The van der Waals surface area contributed by atoms with Gasteiger partial charge in [0.15, 0.2) is 0 Å². The predicted molar refractivity (Wildman–Crippen MR) is 631 cm³/mol. The average Bonchev–Trinajstić information content (AvgIpc) is 1.46. The van der Waals surface area contributed by atoms with Crippen LogP contribution in [0.25, 0.3) is 213 Å². The Bertz CT molecular complexity index is 9390. The SMILES string of the molecule is [CH3][Ge]([CH3])([CH3])[c]1ccc(N(c2ccccc2)c2ccc3ccc4c(N(c5ccccc5)c5cc[c]([Ge]([CH3])([CH3])[CH3])cc5)ccc5ccc2c3c54)cc1.c1ccc(-n2c(-c3ccc(-c4ccc5c(-c6ccc7ccccc7c6)c6ccccc6c(-c6ccc7ccccc7c6)c5c4)cc3)nc3ccccc32)cc1.c1ccc2cc(-c3ccc(-c4c5ccccc5c(-c5cccc6ccccc56)c5ccccc45)cc3)ccc2c1. The fourth-order valence-corrected chi connectivity index (χ4v) is 27.2. The molecule has 27 rings (SSSR count). The largest absolute Gasteiger partial charge is 0.292 e. The molecule has 0 N–H and O–H groups in total.